The number of carbonyl (C=O) groups is 1. The molecule has 1 heterocycles. The van der Waals surface area contributed by atoms with Crippen molar-refractivity contribution in [3.05, 3.63) is 5.69 Å². The molecule has 1 atom stereocenters. The fraction of sp³-hybridized carbons (Fsp3) is 0.667. The van der Waals surface area contributed by atoms with Crippen LogP contribution in [0.2, 0.25) is 0 Å². The van der Waals surface area contributed by atoms with Gasteiger partial charge in [0.2, 0.25) is 5.91 Å². The van der Waals surface area contributed by atoms with Gasteiger partial charge in [-0.25, -0.2) is 0 Å². The van der Waals surface area contributed by atoms with E-state index in [1.165, 1.54) is 0 Å². The maximum Gasteiger partial charge on any atom is 0.242 e. The van der Waals surface area contributed by atoms with E-state index in [-0.39, 0.29) is 11.9 Å². The van der Waals surface area contributed by atoms with Crippen LogP contribution in [0, 0.1) is 0 Å². The highest BCUT2D eigenvalue weighted by Gasteiger charge is 2.17. The van der Waals surface area contributed by atoms with Crippen LogP contribution in [0.25, 0.3) is 0 Å². The van der Waals surface area contributed by atoms with E-state index < -0.39 is 0 Å². The molecule has 0 spiro atoms. The Balaban J connectivity index is 2.81. The van der Waals surface area contributed by atoms with Gasteiger partial charge < -0.3 is 16.4 Å². The summed E-state index contributed by atoms with van der Waals surface area (Å²) in [4.78, 5) is 11.7. The molecule has 0 aliphatic rings. The Morgan fingerprint density at radius 2 is 2.17 bits per heavy atom. The number of hydrogen-bond acceptors (Lipinski definition) is 4. The summed E-state index contributed by atoms with van der Waals surface area (Å²) in [6, 6.07) is -0.336. The van der Waals surface area contributed by atoms with Gasteiger partial charge in [0.15, 0.2) is 0 Å². The number of aryl methyl sites for hydroxylation is 2. The topological polar surface area (TPSA) is 85.0 Å². The molecule has 1 amide bonds. The number of carbonyl (C=O) groups excluding carboxylic acids is 1. The summed E-state index contributed by atoms with van der Waals surface area (Å²) in [6.45, 7) is 6.39. The minimum Gasteiger partial charge on any atom is -0.394 e. The number of anilines is 2. The molecule has 1 aromatic rings. The fourth-order valence-corrected chi connectivity index (χ4v) is 1.79. The van der Waals surface area contributed by atoms with E-state index in [9.17, 15) is 4.79 Å². The highest BCUT2D eigenvalue weighted by molar-refractivity contribution is 5.85. The monoisotopic (exact) mass is 253 g/mol. The van der Waals surface area contributed by atoms with Gasteiger partial charge in [-0.1, -0.05) is 13.3 Å². The first-order chi connectivity index (χ1) is 8.51. The van der Waals surface area contributed by atoms with Crippen molar-refractivity contribution in [3.8, 4) is 0 Å². The zero-order valence-corrected chi connectivity index (χ0v) is 11.6. The van der Waals surface area contributed by atoms with Gasteiger partial charge in [-0.05, 0) is 20.3 Å². The van der Waals surface area contributed by atoms with E-state index in [1.54, 1.807) is 11.6 Å². The van der Waals surface area contributed by atoms with Crippen LogP contribution in [-0.2, 0) is 18.3 Å². The molecule has 4 N–H and O–H groups in total. The first-order valence-electron chi connectivity index (χ1n) is 6.36. The van der Waals surface area contributed by atoms with E-state index in [4.69, 9.17) is 5.73 Å². The van der Waals surface area contributed by atoms with Crippen LogP contribution in [0.1, 0.15) is 32.9 Å². The summed E-state index contributed by atoms with van der Waals surface area (Å²) in [5.41, 5.74) is 7.55. The molecule has 6 heteroatoms. The second-order valence-corrected chi connectivity index (χ2v) is 4.34. The average molecular weight is 253 g/mol. The second-order valence-electron chi connectivity index (χ2n) is 4.34. The summed E-state index contributed by atoms with van der Waals surface area (Å²) in [6.07, 6.45) is 1.84. The number of likely N-dealkylation sites (N-methyl/N-ethyl adjacent to an activating group) is 1. The highest BCUT2D eigenvalue weighted by Crippen LogP contribution is 2.23. The molecule has 0 aliphatic carbocycles. The number of nitrogens with zero attached hydrogens (tertiary/aromatic N) is 2. The first-order valence-corrected chi connectivity index (χ1v) is 6.36. The molecule has 0 bridgehead atoms. The van der Waals surface area contributed by atoms with E-state index in [0.29, 0.717) is 18.1 Å². The maximum absolute atomic E-state index is 11.7. The van der Waals surface area contributed by atoms with Crippen LogP contribution in [0.15, 0.2) is 0 Å². The van der Waals surface area contributed by atoms with Crippen molar-refractivity contribution < 1.29 is 4.79 Å². The predicted octanol–water partition coefficient (Wildman–Crippen LogP) is 0.891. The van der Waals surface area contributed by atoms with Crippen molar-refractivity contribution in [2.45, 2.75) is 39.7 Å². The standard InChI is InChI=1S/C12H23N5O/c1-5-7-9-10(13)11(17(4)16-9)15-8(3)12(18)14-6-2/h8,15H,5-7,13H2,1-4H3,(H,14,18). The van der Waals surface area contributed by atoms with Crippen molar-refractivity contribution >= 4 is 17.4 Å². The number of amides is 1. The Labute approximate surface area is 108 Å². The molecule has 0 aromatic carbocycles. The number of hydrogen-bond donors (Lipinski definition) is 3. The third kappa shape index (κ3) is 3.15. The van der Waals surface area contributed by atoms with Crippen LogP contribution in [0.4, 0.5) is 11.5 Å². The van der Waals surface area contributed by atoms with Gasteiger partial charge in [0, 0.05) is 13.6 Å². The molecule has 1 unspecified atom stereocenters. The van der Waals surface area contributed by atoms with Gasteiger partial charge in [0.05, 0.1) is 11.4 Å². The molecule has 102 valence electrons. The van der Waals surface area contributed by atoms with Gasteiger partial charge in [-0.2, -0.15) is 5.10 Å². The molecular formula is C12H23N5O. The summed E-state index contributed by atoms with van der Waals surface area (Å²) < 4.78 is 1.69. The minimum absolute atomic E-state index is 0.0462. The van der Waals surface area contributed by atoms with Gasteiger partial charge in [-0.3, -0.25) is 9.48 Å². The van der Waals surface area contributed by atoms with Crippen LogP contribution >= 0.6 is 0 Å². The number of aromatic nitrogens is 2. The third-order valence-electron chi connectivity index (χ3n) is 2.74. The molecule has 1 rings (SSSR count). The molecule has 0 saturated heterocycles. The lowest BCUT2D eigenvalue weighted by atomic mass is 10.2. The number of nitrogens with two attached hydrogens (primary N) is 1. The quantitative estimate of drug-likeness (QED) is 0.703. The largest absolute Gasteiger partial charge is 0.394 e. The molecule has 0 saturated carbocycles. The van der Waals surface area contributed by atoms with Crippen molar-refractivity contribution in [2.75, 3.05) is 17.6 Å². The van der Waals surface area contributed by atoms with Gasteiger partial charge >= 0.3 is 0 Å². The molecular weight excluding hydrogens is 230 g/mol. The molecule has 6 nitrogen and oxygen atoms in total. The Morgan fingerprint density at radius 3 is 2.72 bits per heavy atom. The molecule has 0 fully saturated rings. The van der Waals surface area contributed by atoms with Crippen LogP contribution < -0.4 is 16.4 Å². The Kier molecular flexibility index (Phi) is 5.00. The minimum atomic E-state index is -0.336. The normalized spacial score (nSPS) is 12.2. The van der Waals surface area contributed by atoms with Crippen molar-refractivity contribution in [1.29, 1.82) is 0 Å². The zero-order chi connectivity index (χ0) is 13.7. The Morgan fingerprint density at radius 1 is 1.50 bits per heavy atom. The fourth-order valence-electron chi connectivity index (χ4n) is 1.79. The Hall–Kier alpha value is -1.72. The van der Waals surface area contributed by atoms with Crippen molar-refractivity contribution in [2.24, 2.45) is 7.05 Å². The highest BCUT2D eigenvalue weighted by atomic mass is 16.2. The average Bonchev–Trinajstić information content (AvgIpc) is 2.58. The summed E-state index contributed by atoms with van der Waals surface area (Å²) in [5, 5.41) is 10.2. The van der Waals surface area contributed by atoms with E-state index >= 15 is 0 Å². The SMILES string of the molecule is CCCc1nn(C)c(NC(C)C(=O)NCC)c1N. The molecule has 0 radical (unpaired) electrons. The smallest absolute Gasteiger partial charge is 0.242 e. The predicted molar refractivity (Wildman–Crippen MR) is 73.4 cm³/mol. The number of rotatable bonds is 6. The van der Waals surface area contributed by atoms with E-state index in [0.717, 1.165) is 18.5 Å². The summed E-state index contributed by atoms with van der Waals surface area (Å²) >= 11 is 0. The number of nitrogens with one attached hydrogen (secondary N) is 2. The first kappa shape index (κ1) is 14.3. The third-order valence-corrected chi connectivity index (χ3v) is 2.74. The van der Waals surface area contributed by atoms with Crippen molar-refractivity contribution in [1.82, 2.24) is 15.1 Å². The number of nitrogen functional groups attached to an aromatic ring is 1. The van der Waals surface area contributed by atoms with Gasteiger partial charge in [0.1, 0.15) is 11.9 Å². The van der Waals surface area contributed by atoms with Gasteiger partial charge in [-0.15, -0.1) is 0 Å². The lowest BCUT2D eigenvalue weighted by Crippen LogP contribution is -2.37. The summed E-state index contributed by atoms with van der Waals surface area (Å²) in [7, 11) is 1.82. The van der Waals surface area contributed by atoms with Crippen LogP contribution in [0.5, 0.6) is 0 Å². The molecule has 18 heavy (non-hydrogen) atoms. The molecule has 1 aromatic heterocycles. The van der Waals surface area contributed by atoms with Crippen LogP contribution in [-0.4, -0.2) is 28.3 Å². The second kappa shape index (κ2) is 6.28. The summed E-state index contributed by atoms with van der Waals surface area (Å²) in [5.74, 6) is 0.660. The maximum atomic E-state index is 11.7. The lowest BCUT2D eigenvalue weighted by molar-refractivity contribution is -0.121. The lowest BCUT2D eigenvalue weighted by Gasteiger charge is -2.15. The van der Waals surface area contributed by atoms with Crippen LogP contribution in [0.3, 0.4) is 0 Å². The van der Waals surface area contributed by atoms with E-state index in [2.05, 4.69) is 22.7 Å². The van der Waals surface area contributed by atoms with Gasteiger partial charge in [0.25, 0.3) is 0 Å². The molecule has 0 aliphatic heterocycles. The Bertz CT molecular complexity index is 413. The zero-order valence-electron chi connectivity index (χ0n) is 11.6. The van der Waals surface area contributed by atoms with Crippen molar-refractivity contribution in [3.63, 3.8) is 0 Å². The van der Waals surface area contributed by atoms with E-state index in [1.807, 2.05) is 14.0 Å².